The van der Waals surface area contributed by atoms with E-state index in [1.807, 2.05) is 6.07 Å². The highest BCUT2D eigenvalue weighted by Crippen LogP contribution is 1.83. The lowest BCUT2D eigenvalue weighted by Crippen LogP contribution is -2.09. The van der Waals surface area contributed by atoms with Crippen molar-refractivity contribution in [2.24, 2.45) is 11.5 Å². The van der Waals surface area contributed by atoms with Crippen LogP contribution < -0.4 is 11.5 Å². The summed E-state index contributed by atoms with van der Waals surface area (Å²) in [6.45, 7) is 10.8. The van der Waals surface area contributed by atoms with Gasteiger partial charge in [-0.3, -0.25) is 0 Å². The molecule has 0 radical (unpaired) electrons. The molecular weight excluding hydrogens is 312 g/mol. The Morgan fingerprint density at radius 3 is 1.71 bits per heavy atom. The van der Waals surface area contributed by atoms with Crippen LogP contribution in [0.4, 0.5) is 0 Å². The summed E-state index contributed by atoms with van der Waals surface area (Å²) in [6, 6.07) is 1.94. The number of nitriles is 1. The number of hydrogen-bond donors (Lipinski definition) is 2. The zero-order chi connectivity index (χ0) is 16.7. The maximum absolute atomic E-state index is 8.10. The molecule has 0 aliphatic carbocycles. The Hall–Kier alpha value is -1.26. The summed E-state index contributed by atoms with van der Waals surface area (Å²) in [5.74, 6) is 0. The number of nitrogens with zero attached hydrogens (tertiary/aromatic N) is 2. The molecule has 0 aromatic rings. The summed E-state index contributed by atoms with van der Waals surface area (Å²) in [4.78, 5) is 3.09. The first kappa shape index (κ1) is 30.6. The molecule has 144 valence electrons. The fourth-order valence-corrected chi connectivity index (χ4v) is 0.952. The highest BCUT2D eigenvalue weighted by Gasteiger charge is 1.89. The second-order valence-electron chi connectivity index (χ2n) is 3.94. The van der Waals surface area contributed by atoms with Crippen molar-refractivity contribution in [1.29, 1.82) is 5.26 Å². The van der Waals surface area contributed by atoms with Gasteiger partial charge in [0.25, 0.3) is 0 Å². The minimum absolute atomic E-state index is 0. The third kappa shape index (κ3) is 37.2. The van der Waals surface area contributed by atoms with Crippen molar-refractivity contribution in [3.8, 4) is 6.07 Å². The van der Waals surface area contributed by atoms with Crippen LogP contribution in [0.25, 0.3) is 4.85 Å². The van der Waals surface area contributed by atoms with Gasteiger partial charge >= 0.3 is 0 Å². The predicted molar refractivity (Wildman–Crippen MR) is 96.0 cm³/mol. The molecule has 8 nitrogen and oxygen atoms in total. The van der Waals surface area contributed by atoms with Gasteiger partial charge in [-0.2, -0.15) is 5.26 Å². The lowest BCUT2D eigenvalue weighted by molar-refractivity contribution is -0.0539. The van der Waals surface area contributed by atoms with E-state index in [0.717, 1.165) is 12.8 Å². The lowest BCUT2D eigenvalue weighted by Gasteiger charge is -2.03. The van der Waals surface area contributed by atoms with Gasteiger partial charge in [0.05, 0.1) is 32.3 Å². The molecule has 8 heteroatoms. The van der Waals surface area contributed by atoms with Gasteiger partial charge in [0.2, 0.25) is 6.54 Å². The molecule has 0 aliphatic heterocycles. The van der Waals surface area contributed by atoms with Gasteiger partial charge in [-0.25, -0.2) is 6.57 Å². The zero-order valence-corrected chi connectivity index (χ0v) is 13.2. The number of hydrogen-bond acceptors (Lipinski definition) is 7. The van der Waals surface area contributed by atoms with E-state index >= 15 is 0 Å². The number of ether oxygens (including phenoxy) is 4. The summed E-state index contributed by atoms with van der Waals surface area (Å²) in [5, 5.41) is 8.10. The van der Waals surface area contributed by atoms with Crippen LogP contribution in [0.5, 0.6) is 0 Å². The highest BCUT2D eigenvalue weighted by molar-refractivity contribution is 4.66. The van der Waals surface area contributed by atoms with E-state index in [9.17, 15) is 0 Å². The van der Waals surface area contributed by atoms with Crippen LogP contribution in [-0.4, -0.2) is 59.6 Å². The molecule has 0 amide bonds. The Bertz CT molecular complexity index is 254. The average Bonchev–Trinajstić information content (AvgIpc) is 2.54. The molecule has 0 bridgehead atoms. The third-order valence-electron chi connectivity index (χ3n) is 2.02. The average molecular weight is 348 g/mol. The summed E-state index contributed by atoms with van der Waals surface area (Å²) in [6.07, 6.45) is 2.16. The summed E-state index contributed by atoms with van der Waals surface area (Å²) in [7, 11) is 0. The Balaban J connectivity index is -0.000000154. The van der Waals surface area contributed by atoms with Crippen molar-refractivity contribution in [3.05, 3.63) is 11.4 Å². The topological polar surface area (TPSA) is 117 Å². The third-order valence-corrected chi connectivity index (χ3v) is 2.02. The fourth-order valence-electron chi connectivity index (χ4n) is 0.952. The van der Waals surface area contributed by atoms with Crippen LogP contribution in [-0.2, 0) is 18.9 Å². The molecule has 0 aliphatic rings. The van der Waals surface area contributed by atoms with Gasteiger partial charge < -0.3 is 35.3 Å². The Morgan fingerprint density at radius 1 is 0.833 bits per heavy atom. The molecule has 0 aromatic carbocycles. The molecular formula is C16H36N4O4. The molecule has 0 spiro atoms. The van der Waals surface area contributed by atoms with Crippen molar-refractivity contribution >= 4 is 0 Å². The van der Waals surface area contributed by atoms with Crippen molar-refractivity contribution in [2.75, 3.05) is 59.6 Å². The second kappa shape index (κ2) is 33.4. The molecule has 0 rings (SSSR count). The maximum Gasteiger partial charge on any atom is 0.237 e. The predicted octanol–water partition coefficient (Wildman–Crippen LogP) is 1.76. The second-order valence-corrected chi connectivity index (χ2v) is 3.94. The van der Waals surface area contributed by atoms with E-state index < -0.39 is 0 Å². The largest absolute Gasteiger partial charge is 0.355 e. The molecule has 0 fully saturated rings. The van der Waals surface area contributed by atoms with Crippen LogP contribution in [0.3, 0.4) is 0 Å². The molecule has 0 unspecified atom stereocenters. The van der Waals surface area contributed by atoms with Gasteiger partial charge in [-0.15, -0.1) is 0 Å². The number of rotatable bonds is 14. The summed E-state index contributed by atoms with van der Waals surface area (Å²) in [5.41, 5.74) is 10.5. The zero-order valence-electron chi connectivity index (χ0n) is 13.2. The van der Waals surface area contributed by atoms with Crippen molar-refractivity contribution in [3.63, 3.8) is 0 Å². The maximum atomic E-state index is 8.10. The molecule has 24 heavy (non-hydrogen) atoms. The van der Waals surface area contributed by atoms with E-state index in [0.29, 0.717) is 59.3 Å². The molecule has 0 atom stereocenters. The van der Waals surface area contributed by atoms with Gasteiger partial charge in [-0.05, 0) is 25.9 Å². The Morgan fingerprint density at radius 2 is 1.29 bits per heavy atom. The van der Waals surface area contributed by atoms with Crippen molar-refractivity contribution in [1.82, 2.24) is 0 Å². The number of nitrogens with two attached hydrogens (primary N) is 2. The van der Waals surface area contributed by atoms with E-state index in [-0.39, 0.29) is 21.6 Å². The fraction of sp³-hybridized carbons (Fsp3) is 0.875. The van der Waals surface area contributed by atoms with Crippen molar-refractivity contribution in [2.45, 2.75) is 34.1 Å². The monoisotopic (exact) mass is 348 g/mol. The molecule has 0 aromatic heterocycles. The van der Waals surface area contributed by atoms with Crippen LogP contribution in [0.1, 0.15) is 34.1 Å². The molecule has 4 N–H and O–H groups in total. The van der Waals surface area contributed by atoms with E-state index in [2.05, 4.69) is 4.85 Å². The summed E-state index contributed by atoms with van der Waals surface area (Å²) >= 11 is 0. The first-order chi connectivity index (χ1) is 10.8. The SMILES string of the molecule is C.C.NCCCOCOCCCN.[C-]#[N+]CCOCOCCC#N. The lowest BCUT2D eigenvalue weighted by atomic mass is 10.5. The molecule has 0 heterocycles. The first-order valence-corrected chi connectivity index (χ1v) is 7.24. The normalized spacial score (nSPS) is 8.67. The van der Waals surface area contributed by atoms with E-state index in [1.165, 1.54) is 0 Å². The first-order valence-electron chi connectivity index (χ1n) is 7.24. The van der Waals surface area contributed by atoms with E-state index in [4.69, 9.17) is 42.2 Å². The van der Waals surface area contributed by atoms with Crippen LogP contribution in [0, 0.1) is 17.9 Å². The minimum Gasteiger partial charge on any atom is -0.355 e. The van der Waals surface area contributed by atoms with Gasteiger partial charge in [0.1, 0.15) is 20.2 Å². The van der Waals surface area contributed by atoms with Crippen molar-refractivity contribution < 1.29 is 18.9 Å². The van der Waals surface area contributed by atoms with Gasteiger partial charge in [0, 0.05) is 0 Å². The Labute approximate surface area is 147 Å². The van der Waals surface area contributed by atoms with Crippen LogP contribution in [0.15, 0.2) is 0 Å². The standard InChI is InChI=1S/C7H10N2O2.C7H18N2O2.2CH4/c1-9-4-6-11-7-10-5-2-3-8;8-3-1-5-10-7-11-6-2-4-9;;/h2,4-7H2;1-9H2;2*1H4. The Kier molecular flexibility index (Phi) is 42.6. The molecule has 0 saturated heterocycles. The minimum atomic E-state index is 0. The smallest absolute Gasteiger partial charge is 0.237 e. The van der Waals surface area contributed by atoms with Crippen LogP contribution in [0.2, 0.25) is 0 Å². The van der Waals surface area contributed by atoms with E-state index in [1.54, 1.807) is 0 Å². The van der Waals surface area contributed by atoms with Gasteiger partial charge in [0.15, 0.2) is 0 Å². The quantitative estimate of drug-likeness (QED) is 0.279. The van der Waals surface area contributed by atoms with Gasteiger partial charge in [-0.1, -0.05) is 14.9 Å². The molecule has 0 saturated carbocycles. The highest BCUT2D eigenvalue weighted by atomic mass is 16.7. The van der Waals surface area contributed by atoms with Crippen LogP contribution >= 0.6 is 0 Å². The summed E-state index contributed by atoms with van der Waals surface area (Å²) < 4.78 is 19.9.